The Morgan fingerprint density at radius 2 is 1.73 bits per heavy atom. The molecular weight excluding hydrogens is 352 g/mol. The van der Waals surface area contributed by atoms with E-state index in [2.05, 4.69) is 11.8 Å². The van der Waals surface area contributed by atoms with E-state index in [0.29, 0.717) is 16.7 Å². The highest BCUT2D eigenvalue weighted by atomic mass is 35.5. The van der Waals surface area contributed by atoms with Crippen LogP contribution in [-0.4, -0.2) is 30.0 Å². The standard InChI is InChI=1S/C21H15ClO4/c1-25-20(24)21(13-12-15-8-4-2-5-9-15)19(22)17(14-18(23)26-21)16-10-6-3-7-11-16/h2-11,14,19H,1H3/t19-,21-/m1/s1. The van der Waals surface area contributed by atoms with Crippen LogP contribution >= 0.6 is 11.6 Å². The molecule has 0 saturated carbocycles. The van der Waals surface area contributed by atoms with Gasteiger partial charge in [-0.2, -0.15) is 0 Å². The van der Waals surface area contributed by atoms with Gasteiger partial charge in [0.2, 0.25) is 0 Å². The lowest BCUT2D eigenvalue weighted by atomic mass is 9.87. The van der Waals surface area contributed by atoms with Crippen molar-refractivity contribution in [2.24, 2.45) is 0 Å². The number of hydrogen-bond donors (Lipinski definition) is 0. The summed E-state index contributed by atoms with van der Waals surface area (Å²) in [7, 11) is 1.20. The van der Waals surface area contributed by atoms with Crippen LogP contribution in [0.25, 0.3) is 5.57 Å². The molecule has 2 atom stereocenters. The van der Waals surface area contributed by atoms with Gasteiger partial charge >= 0.3 is 11.9 Å². The summed E-state index contributed by atoms with van der Waals surface area (Å²) in [5.74, 6) is 4.07. The highest BCUT2D eigenvalue weighted by Gasteiger charge is 2.53. The first-order valence-electron chi connectivity index (χ1n) is 7.87. The Kier molecular flexibility index (Phi) is 5.11. The van der Waals surface area contributed by atoms with Gasteiger partial charge < -0.3 is 9.47 Å². The van der Waals surface area contributed by atoms with E-state index < -0.39 is 22.9 Å². The second-order valence-electron chi connectivity index (χ2n) is 5.59. The quantitative estimate of drug-likeness (QED) is 0.465. The maximum Gasteiger partial charge on any atom is 0.365 e. The van der Waals surface area contributed by atoms with E-state index in [1.807, 2.05) is 36.4 Å². The maximum absolute atomic E-state index is 12.5. The fraction of sp³-hybridized carbons (Fsp3) is 0.143. The first-order chi connectivity index (χ1) is 12.6. The third-order valence-corrected chi connectivity index (χ3v) is 4.47. The molecule has 2 aromatic carbocycles. The summed E-state index contributed by atoms with van der Waals surface area (Å²) in [4.78, 5) is 24.7. The topological polar surface area (TPSA) is 52.6 Å². The molecular formula is C21H15ClO4. The Balaban J connectivity index is 2.10. The summed E-state index contributed by atoms with van der Waals surface area (Å²) in [5, 5.41) is -1.02. The molecule has 130 valence electrons. The number of ether oxygens (including phenoxy) is 2. The fourth-order valence-electron chi connectivity index (χ4n) is 2.64. The van der Waals surface area contributed by atoms with E-state index in [4.69, 9.17) is 21.1 Å². The average molecular weight is 367 g/mol. The van der Waals surface area contributed by atoms with E-state index >= 15 is 0 Å². The fourth-order valence-corrected chi connectivity index (χ4v) is 3.02. The van der Waals surface area contributed by atoms with Crippen LogP contribution in [0.15, 0.2) is 66.7 Å². The van der Waals surface area contributed by atoms with Crippen LogP contribution in [-0.2, 0) is 19.1 Å². The summed E-state index contributed by atoms with van der Waals surface area (Å²) in [6.45, 7) is 0. The van der Waals surface area contributed by atoms with Gasteiger partial charge in [-0.05, 0) is 29.2 Å². The van der Waals surface area contributed by atoms with Gasteiger partial charge in [0, 0.05) is 11.6 Å². The molecule has 0 spiro atoms. The van der Waals surface area contributed by atoms with E-state index in [1.165, 1.54) is 13.2 Å². The first kappa shape index (κ1) is 17.8. The number of benzene rings is 2. The van der Waals surface area contributed by atoms with E-state index in [1.54, 1.807) is 24.3 Å². The summed E-state index contributed by atoms with van der Waals surface area (Å²) in [5.41, 5.74) is -0.106. The van der Waals surface area contributed by atoms with Crippen molar-refractivity contribution in [1.29, 1.82) is 0 Å². The maximum atomic E-state index is 12.5. The SMILES string of the molecule is COC(=O)[C@]1(C#Cc2ccccc2)OC(=O)C=C(c2ccccc2)[C@H]1Cl. The molecule has 4 nitrogen and oxygen atoms in total. The molecule has 0 bridgehead atoms. The monoisotopic (exact) mass is 366 g/mol. The largest absolute Gasteiger partial charge is 0.465 e. The van der Waals surface area contributed by atoms with Gasteiger partial charge in [0.1, 0.15) is 5.38 Å². The Labute approximate surface area is 156 Å². The van der Waals surface area contributed by atoms with Gasteiger partial charge in [-0.1, -0.05) is 54.5 Å². The van der Waals surface area contributed by atoms with Gasteiger partial charge in [-0.3, -0.25) is 0 Å². The molecule has 0 unspecified atom stereocenters. The molecule has 3 rings (SSSR count). The zero-order chi connectivity index (χ0) is 18.6. The normalized spacial score (nSPS) is 21.7. The number of halogens is 1. The highest BCUT2D eigenvalue weighted by molar-refractivity contribution is 6.31. The van der Waals surface area contributed by atoms with Crippen LogP contribution in [0, 0.1) is 11.8 Å². The Morgan fingerprint density at radius 1 is 1.12 bits per heavy atom. The Bertz CT molecular complexity index is 909. The lowest BCUT2D eigenvalue weighted by molar-refractivity contribution is -0.170. The molecule has 1 heterocycles. The first-order valence-corrected chi connectivity index (χ1v) is 8.31. The molecule has 1 aliphatic heterocycles. The van der Waals surface area contributed by atoms with Crippen LogP contribution in [0.5, 0.6) is 0 Å². The summed E-state index contributed by atoms with van der Waals surface area (Å²) in [6.07, 6.45) is 1.28. The minimum Gasteiger partial charge on any atom is -0.465 e. The van der Waals surface area contributed by atoms with Gasteiger partial charge in [0.15, 0.2) is 0 Å². The van der Waals surface area contributed by atoms with Crippen molar-refractivity contribution >= 4 is 29.1 Å². The number of hydrogen-bond acceptors (Lipinski definition) is 4. The molecule has 5 heteroatoms. The third kappa shape index (κ3) is 3.35. The van der Waals surface area contributed by atoms with Crippen LogP contribution < -0.4 is 0 Å². The second-order valence-corrected chi connectivity index (χ2v) is 6.03. The molecule has 1 aliphatic rings. The van der Waals surface area contributed by atoms with Gasteiger partial charge in [-0.15, -0.1) is 11.6 Å². The Morgan fingerprint density at radius 3 is 2.35 bits per heavy atom. The van der Waals surface area contributed by atoms with Crippen molar-refractivity contribution in [1.82, 2.24) is 0 Å². The van der Waals surface area contributed by atoms with Gasteiger partial charge in [0.05, 0.1) is 7.11 Å². The van der Waals surface area contributed by atoms with Crippen molar-refractivity contribution < 1.29 is 19.1 Å². The number of carbonyl (C=O) groups excluding carboxylic acids is 2. The van der Waals surface area contributed by atoms with Gasteiger partial charge in [-0.25, -0.2) is 9.59 Å². The van der Waals surface area contributed by atoms with Crippen molar-refractivity contribution in [3.05, 3.63) is 77.9 Å². The summed E-state index contributed by atoms with van der Waals surface area (Å²) >= 11 is 6.60. The van der Waals surface area contributed by atoms with Gasteiger partial charge in [0.25, 0.3) is 5.60 Å². The van der Waals surface area contributed by atoms with Crippen LogP contribution in [0.1, 0.15) is 11.1 Å². The number of alkyl halides is 1. The molecule has 0 aromatic heterocycles. The summed E-state index contributed by atoms with van der Waals surface area (Å²) < 4.78 is 10.2. The smallest absolute Gasteiger partial charge is 0.365 e. The lowest BCUT2D eigenvalue weighted by Gasteiger charge is -2.34. The number of carbonyl (C=O) groups is 2. The predicted octanol–water partition coefficient (Wildman–Crippen LogP) is 3.20. The van der Waals surface area contributed by atoms with E-state index in [-0.39, 0.29) is 0 Å². The van der Waals surface area contributed by atoms with E-state index in [0.717, 1.165) is 0 Å². The molecule has 0 fully saturated rings. The summed E-state index contributed by atoms with van der Waals surface area (Å²) in [6, 6.07) is 18.1. The number of rotatable bonds is 2. The molecule has 0 aliphatic carbocycles. The number of cyclic esters (lactones) is 1. The lowest BCUT2D eigenvalue weighted by Crippen LogP contribution is -2.53. The van der Waals surface area contributed by atoms with Crippen molar-refractivity contribution in [2.75, 3.05) is 7.11 Å². The minimum atomic E-state index is -1.93. The third-order valence-electron chi connectivity index (χ3n) is 3.93. The van der Waals surface area contributed by atoms with Crippen LogP contribution in [0.3, 0.4) is 0 Å². The molecule has 2 aromatic rings. The number of methoxy groups -OCH3 is 1. The van der Waals surface area contributed by atoms with Crippen molar-refractivity contribution in [3.8, 4) is 11.8 Å². The zero-order valence-electron chi connectivity index (χ0n) is 13.9. The predicted molar refractivity (Wildman–Crippen MR) is 98.2 cm³/mol. The van der Waals surface area contributed by atoms with Crippen LogP contribution in [0.2, 0.25) is 0 Å². The molecule has 0 saturated heterocycles. The molecule has 0 radical (unpaired) electrons. The second kappa shape index (κ2) is 7.47. The van der Waals surface area contributed by atoms with Crippen molar-refractivity contribution in [2.45, 2.75) is 11.0 Å². The van der Waals surface area contributed by atoms with E-state index in [9.17, 15) is 9.59 Å². The Hall–Kier alpha value is -3.03. The minimum absolute atomic E-state index is 0.455. The van der Waals surface area contributed by atoms with Crippen molar-refractivity contribution in [3.63, 3.8) is 0 Å². The average Bonchev–Trinajstić information content (AvgIpc) is 2.69. The zero-order valence-corrected chi connectivity index (χ0v) is 14.7. The molecule has 0 N–H and O–H groups in total. The van der Waals surface area contributed by atoms with Crippen LogP contribution in [0.4, 0.5) is 0 Å². The number of esters is 2. The molecule has 26 heavy (non-hydrogen) atoms. The highest BCUT2D eigenvalue weighted by Crippen LogP contribution is 2.37. The molecule has 0 amide bonds.